The van der Waals surface area contributed by atoms with Gasteiger partial charge in [0.2, 0.25) is 15.9 Å². The number of hydrogen-bond acceptors (Lipinski definition) is 5. The van der Waals surface area contributed by atoms with Crippen molar-refractivity contribution < 1.29 is 27.4 Å². The maximum Gasteiger partial charge on any atom is 0.246 e. The Morgan fingerprint density at radius 2 is 1.68 bits per heavy atom. The van der Waals surface area contributed by atoms with E-state index < -0.39 is 10.0 Å². The lowest BCUT2D eigenvalue weighted by atomic mass is 10.1. The van der Waals surface area contributed by atoms with Crippen LogP contribution in [-0.4, -0.2) is 61.6 Å². The lowest BCUT2D eigenvalue weighted by Crippen LogP contribution is -2.35. The first-order valence-corrected chi connectivity index (χ1v) is 14.6. The van der Waals surface area contributed by atoms with Crippen LogP contribution in [0.4, 0.5) is 4.39 Å². The number of H-pyrrole nitrogens is 1. The number of ether oxygens (including phenoxy) is 1. The predicted octanol–water partition coefficient (Wildman–Crippen LogP) is 3.80. The Morgan fingerprint density at radius 3 is 2.42 bits per heavy atom. The smallest absolute Gasteiger partial charge is 0.246 e. The van der Waals surface area contributed by atoms with Crippen LogP contribution in [0.25, 0.3) is 10.9 Å². The molecule has 10 heteroatoms. The van der Waals surface area contributed by atoms with Gasteiger partial charge in [-0.25, -0.2) is 12.8 Å². The Balaban J connectivity index is 1.22. The van der Waals surface area contributed by atoms with E-state index in [1.807, 2.05) is 30.5 Å². The largest absolute Gasteiger partial charge is 0.395 e. The number of carbonyl (C=O) groups excluding carboxylic acids is 1. The number of halogens is 1. The summed E-state index contributed by atoms with van der Waals surface area (Å²) < 4.78 is 46.2. The molecule has 4 aromatic rings. The van der Waals surface area contributed by atoms with Crippen molar-refractivity contribution in [2.75, 3.05) is 32.8 Å². The van der Waals surface area contributed by atoms with Crippen molar-refractivity contribution >= 4 is 26.8 Å². The highest BCUT2D eigenvalue weighted by atomic mass is 32.2. The quantitative estimate of drug-likeness (QED) is 0.189. The summed E-state index contributed by atoms with van der Waals surface area (Å²) in [6, 6.07) is 20.5. The molecule has 1 aromatic heterocycles. The average molecular weight is 568 g/mol. The number of nitrogens with one attached hydrogen (secondary N) is 2. The fraction of sp³-hybridized carbons (Fsp3) is 0.300. The molecule has 1 heterocycles. The SMILES string of the molecule is O=C(COCc1ccc(F)cc1)NCCCc1ccc(S(=O)(=O)N(CCO)CCc2c[nH]c3ccccc23)cc1. The monoisotopic (exact) mass is 567 g/mol. The van der Waals surface area contributed by atoms with Crippen molar-refractivity contribution in [2.24, 2.45) is 0 Å². The number of para-hydroxylation sites is 1. The van der Waals surface area contributed by atoms with E-state index in [-0.39, 0.29) is 49.5 Å². The number of rotatable bonds is 15. The molecule has 0 unspecified atom stereocenters. The number of benzene rings is 3. The molecule has 4 rings (SSSR count). The third-order valence-electron chi connectivity index (χ3n) is 6.60. The Bertz CT molecular complexity index is 1490. The minimum absolute atomic E-state index is 0.0136. The zero-order chi connectivity index (χ0) is 28.4. The molecule has 1 amide bonds. The molecule has 40 heavy (non-hydrogen) atoms. The van der Waals surface area contributed by atoms with Gasteiger partial charge in [-0.2, -0.15) is 4.31 Å². The molecule has 0 fully saturated rings. The van der Waals surface area contributed by atoms with Crippen molar-refractivity contribution in [3.63, 3.8) is 0 Å². The van der Waals surface area contributed by atoms with Crippen LogP contribution in [0, 0.1) is 5.82 Å². The first kappa shape index (κ1) is 29.4. The van der Waals surface area contributed by atoms with Crippen LogP contribution in [0.15, 0.2) is 83.9 Å². The van der Waals surface area contributed by atoms with E-state index in [2.05, 4.69) is 10.3 Å². The van der Waals surface area contributed by atoms with E-state index in [0.717, 1.165) is 27.6 Å². The Labute approximate surface area is 233 Å². The van der Waals surface area contributed by atoms with Gasteiger partial charge in [0, 0.05) is 36.7 Å². The highest BCUT2D eigenvalue weighted by molar-refractivity contribution is 7.89. The molecule has 0 spiro atoms. The van der Waals surface area contributed by atoms with E-state index in [4.69, 9.17) is 4.74 Å². The zero-order valence-electron chi connectivity index (χ0n) is 22.2. The number of aryl methyl sites for hydroxylation is 1. The number of carbonyl (C=O) groups is 1. The lowest BCUT2D eigenvalue weighted by Gasteiger charge is -2.21. The predicted molar refractivity (Wildman–Crippen MR) is 152 cm³/mol. The van der Waals surface area contributed by atoms with Gasteiger partial charge in [0.1, 0.15) is 12.4 Å². The molecule has 0 aliphatic carbocycles. The Morgan fingerprint density at radius 1 is 0.950 bits per heavy atom. The number of amides is 1. The lowest BCUT2D eigenvalue weighted by molar-refractivity contribution is -0.126. The van der Waals surface area contributed by atoms with Crippen LogP contribution >= 0.6 is 0 Å². The molecule has 0 saturated carbocycles. The summed E-state index contributed by atoms with van der Waals surface area (Å²) in [4.78, 5) is 15.4. The summed E-state index contributed by atoms with van der Waals surface area (Å²) in [7, 11) is -3.78. The van der Waals surface area contributed by atoms with Gasteiger partial charge in [-0.05, 0) is 66.3 Å². The van der Waals surface area contributed by atoms with E-state index in [0.29, 0.717) is 25.8 Å². The van der Waals surface area contributed by atoms with Crippen LogP contribution in [0.1, 0.15) is 23.1 Å². The number of aliphatic hydroxyl groups excluding tert-OH is 1. The van der Waals surface area contributed by atoms with Gasteiger partial charge in [0.05, 0.1) is 18.1 Å². The summed E-state index contributed by atoms with van der Waals surface area (Å²) in [5.41, 5.74) is 3.76. The van der Waals surface area contributed by atoms with Crippen molar-refractivity contribution in [3.8, 4) is 0 Å². The summed E-state index contributed by atoms with van der Waals surface area (Å²) in [6.07, 6.45) is 3.76. The second-order valence-corrected chi connectivity index (χ2v) is 11.4. The minimum Gasteiger partial charge on any atom is -0.395 e. The molecule has 212 valence electrons. The van der Waals surface area contributed by atoms with Crippen molar-refractivity contribution in [1.29, 1.82) is 0 Å². The molecule has 0 saturated heterocycles. The second kappa shape index (κ2) is 14.2. The molecule has 8 nitrogen and oxygen atoms in total. The van der Waals surface area contributed by atoms with E-state index in [1.54, 1.807) is 36.4 Å². The van der Waals surface area contributed by atoms with Crippen LogP contribution in [0.2, 0.25) is 0 Å². The first-order chi connectivity index (χ1) is 19.4. The normalized spacial score (nSPS) is 11.8. The van der Waals surface area contributed by atoms with Crippen LogP contribution in [-0.2, 0) is 39.0 Å². The number of fused-ring (bicyclic) bond motifs is 1. The van der Waals surface area contributed by atoms with Gasteiger partial charge >= 0.3 is 0 Å². The summed E-state index contributed by atoms with van der Waals surface area (Å²) >= 11 is 0. The van der Waals surface area contributed by atoms with Gasteiger partial charge in [-0.15, -0.1) is 0 Å². The molecule has 3 aromatic carbocycles. The van der Waals surface area contributed by atoms with Crippen LogP contribution in [0.3, 0.4) is 0 Å². The highest BCUT2D eigenvalue weighted by Gasteiger charge is 2.24. The number of hydrogen-bond donors (Lipinski definition) is 3. The Hall–Kier alpha value is -3.57. The van der Waals surface area contributed by atoms with Gasteiger partial charge in [-0.1, -0.05) is 42.5 Å². The van der Waals surface area contributed by atoms with Crippen molar-refractivity contribution in [3.05, 3.63) is 102 Å². The van der Waals surface area contributed by atoms with Crippen molar-refractivity contribution in [2.45, 2.75) is 30.8 Å². The fourth-order valence-electron chi connectivity index (χ4n) is 4.44. The summed E-state index contributed by atoms with van der Waals surface area (Å²) in [5.74, 6) is -0.557. The first-order valence-electron chi connectivity index (χ1n) is 13.2. The van der Waals surface area contributed by atoms with Gasteiger partial charge in [0.15, 0.2) is 0 Å². The molecule has 0 radical (unpaired) electrons. The maximum atomic E-state index is 13.3. The molecular weight excluding hydrogens is 533 g/mol. The Kier molecular flexibility index (Phi) is 10.4. The van der Waals surface area contributed by atoms with Gasteiger partial charge in [-0.3, -0.25) is 4.79 Å². The summed E-state index contributed by atoms with van der Waals surface area (Å²) in [6.45, 7) is 0.584. The number of sulfonamides is 1. The third kappa shape index (κ3) is 7.98. The fourth-order valence-corrected chi connectivity index (χ4v) is 5.87. The molecule has 0 bridgehead atoms. The molecule has 0 atom stereocenters. The third-order valence-corrected chi connectivity index (χ3v) is 8.51. The highest BCUT2D eigenvalue weighted by Crippen LogP contribution is 2.21. The van der Waals surface area contributed by atoms with E-state index >= 15 is 0 Å². The molecule has 0 aliphatic rings. The number of aromatic amines is 1. The zero-order valence-corrected chi connectivity index (χ0v) is 23.0. The average Bonchev–Trinajstić information content (AvgIpc) is 3.37. The van der Waals surface area contributed by atoms with Gasteiger partial charge < -0.3 is 20.1 Å². The number of nitrogens with zero attached hydrogens (tertiary/aromatic N) is 1. The standard InChI is InChI=1S/C30H34FN3O5S/c31-26-11-7-24(8-12-26)21-39-22-30(36)32-16-3-4-23-9-13-27(14-10-23)40(37,38)34(18-19-35)17-15-25-20-33-29-6-2-1-5-28(25)29/h1-2,5-14,20,33,35H,3-4,15-19,21-22H2,(H,32,36). The maximum absolute atomic E-state index is 13.3. The van der Waals surface area contributed by atoms with Gasteiger partial charge in [0.25, 0.3) is 0 Å². The minimum atomic E-state index is -3.78. The molecule has 3 N–H and O–H groups in total. The van der Waals surface area contributed by atoms with Crippen molar-refractivity contribution in [1.82, 2.24) is 14.6 Å². The van der Waals surface area contributed by atoms with E-state index in [9.17, 15) is 22.7 Å². The topological polar surface area (TPSA) is 112 Å². The number of aromatic nitrogens is 1. The summed E-state index contributed by atoms with van der Waals surface area (Å²) in [5, 5.41) is 13.4. The molecule has 0 aliphatic heterocycles. The van der Waals surface area contributed by atoms with Crippen LogP contribution < -0.4 is 5.32 Å². The van der Waals surface area contributed by atoms with Crippen LogP contribution in [0.5, 0.6) is 0 Å². The molecular formula is C30H34FN3O5S. The number of aliphatic hydroxyl groups is 1. The second-order valence-electron chi connectivity index (χ2n) is 9.45. The van der Waals surface area contributed by atoms with E-state index in [1.165, 1.54) is 16.4 Å².